The molecule has 0 saturated heterocycles. The average Bonchev–Trinajstić information content (AvgIpc) is 2.44. The van der Waals surface area contributed by atoms with Crippen LogP contribution in [0.15, 0.2) is 42.5 Å². The summed E-state index contributed by atoms with van der Waals surface area (Å²) in [7, 11) is 1.62. The van der Waals surface area contributed by atoms with Crippen LogP contribution in [0.2, 0.25) is 0 Å². The Morgan fingerprint density at radius 2 is 1.95 bits per heavy atom. The minimum atomic E-state index is -0.818. The van der Waals surface area contributed by atoms with Crippen molar-refractivity contribution in [1.29, 1.82) is 0 Å². The molecule has 0 saturated carbocycles. The minimum absolute atomic E-state index is 0.0240. The quantitative estimate of drug-likeness (QED) is 0.841. The molecule has 0 heterocycles. The van der Waals surface area contributed by atoms with Gasteiger partial charge in [-0.2, -0.15) is 0 Å². The Balaban J connectivity index is 2.12. The lowest BCUT2D eigenvalue weighted by Crippen LogP contribution is -2.32. The van der Waals surface area contributed by atoms with Crippen molar-refractivity contribution in [3.05, 3.63) is 48.0 Å². The molecule has 0 radical (unpaired) electrons. The first kappa shape index (κ1) is 14.5. The number of carbonyl (C=O) groups is 1. The second-order valence-corrected chi connectivity index (χ2v) is 4.78. The lowest BCUT2D eigenvalue weighted by atomic mass is 10.1. The van der Waals surface area contributed by atoms with E-state index in [9.17, 15) is 4.79 Å². The van der Waals surface area contributed by atoms with Gasteiger partial charge in [0.05, 0.1) is 13.2 Å². The molecule has 2 aromatic rings. The van der Waals surface area contributed by atoms with Crippen LogP contribution in [0, 0.1) is 0 Å². The van der Waals surface area contributed by atoms with Gasteiger partial charge < -0.3 is 9.84 Å². The normalized spacial score (nSPS) is 11.1. The smallest absolute Gasteiger partial charge is 0.317 e. The minimum Gasteiger partial charge on any atom is -0.480 e. The molecule has 4 nitrogen and oxygen atoms in total. The highest BCUT2D eigenvalue weighted by Crippen LogP contribution is 2.16. The number of hydrogen-bond acceptors (Lipinski definition) is 3. The van der Waals surface area contributed by atoms with Crippen molar-refractivity contribution in [2.24, 2.45) is 0 Å². The fourth-order valence-corrected chi connectivity index (χ4v) is 2.22. The third-order valence-corrected chi connectivity index (χ3v) is 3.19. The Morgan fingerprint density at radius 1 is 1.20 bits per heavy atom. The van der Waals surface area contributed by atoms with Crippen LogP contribution in [0.5, 0.6) is 0 Å². The molecule has 4 heteroatoms. The van der Waals surface area contributed by atoms with Crippen LogP contribution in [-0.4, -0.2) is 42.8 Å². The number of benzene rings is 2. The molecule has 0 amide bonds. The number of nitrogens with zero attached hydrogens (tertiary/aromatic N) is 1. The van der Waals surface area contributed by atoms with Gasteiger partial charge in [-0.3, -0.25) is 9.69 Å². The zero-order valence-electron chi connectivity index (χ0n) is 11.6. The highest BCUT2D eigenvalue weighted by Gasteiger charge is 2.10. The summed E-state index contributed by atoms with van der Waals surface area (Å²) < 4.78 is 5.03. The van der Waals surface area contributed by atoms with Crippen molar-refractivity contribution >= 4 is 16.7 Å². The fourth-order valence-electron chi connectivity index (χ4n) is 2.22. The van der Waals surface area contributed by atoms with Crippen LogP contribution in [0.25, 0.3) is 10.8 Å². The number of methoxy groups -OCH3 is 1. The highest BCUT2D eigenvalue weighted by molar-refractivity contribution is 5.83. The van der Waals surface area contributed by atoms with Crippen molar-refractivity contribution in [3.8, 4) is 0 Å². The third-order valence-electron chi connectivity index (χ3n) is 3.19. The molecule has 0 aromatic heterocycles. The molecule has 0 bridgehead atoms. The monoisotopic (exact) mass is 273 g/mol. The predicted octanol–water partition coefficient (Wildman–Crippen LogP) is 2.37. The lowest BCUT2D eigenvalue weighted by molar-refractivity contribution is -0.138. The van der Waals surface area contributed by atoms with Crippen molar-refractivity contribution in [3.63, 3.8) is 0 Å². The molecule has 0 atom stereocenters. The van der Waals surface area contributed by atoms with Crippen LogP contribution in [0.3, 0.4) is 0 Å². The SMILES string of the molecule is COCCN(CC(=O)O)Cc1ccc2ccccc2c1. The molecule has 0 fully saturated rings. The van der Waals surface area contributed by atoms with Gasteiger partial charge in [-0.05, 0) is 22.4 Å². The van der Waals surface area contributed by atoms with Gasteiger partial charge in [-0.1, -0.05) is 36.4 Å². The summed E-state index contributed by atoms with van der Waals surface area (Å²) in [6, 6.07) is 14.4. The Labute approximate surface area is 118 Å². The van der Waals surface area contributed by atoms with E-state index in [0.29, 0.717) is 19.7 Å². The summed E-state index contributed by atoms with van der Waals surface area (Å²) >= 11 is 0. The van der Waals surface area contributed by atoms with Crippen LogP contribution in [-0.2, 0) is 16.1 Å². The van der Waals surface area contributed by atoms with Gasteiger partial charge in [0.25, 0.3) is 0 Å². The first-order chi connectivity index (χ1) is 9.69. The van der Waals surface area contributed by atoms with Gasteiger partial charge in [0.2, 0.25) is 0 Å². The maximum absolute atomic E-state index is 10.9. The molecule has 2 aromatic carbocycles. The third kappa shape index (κ3) is 4.05. The molecule has 2 rings (SSSR count). The van der Waals surface area contributed by atoms with Crippen molar-refractivity contribution in [2.45, 2.75) is 6.54 Å². The van der Waals surface area contributed by atoms with Crippen molar-refractivity contribution in [2.75, 3.05) is 26.8 Å². The summed E-state index contributed by atoms with van der Waals surface area (Å²) in [5, 5.41) is 11.3. The fraction of sp³-hybridized carbons (Fsp3) is 0.312. The zero-order chi connectivity index (χ0) is 14.4. The zero-order valence-corrected chi connectivity index (χ0v) is 11.6. The highest BCUT2D eigenvalue weighted by atomic mass is 16.5. The lowest BCUT2D eigenvalue weighted by Gasteiger charge is -2.20. The van der Waals surface area contributed by atoms with E-state index in [2.05, 4.69) is 24.3 Å². The standard InChI is InChI=1S/C16H19NO3/c1-20-9-8-17(12-16(18)19)11-13-6-7-14-4-2-3-5-15(14)10-13/h2-7,10H,8-9,11-12H2,1H3,(H,18,19). The molecule has 0 aliphatic carbocycles. The molecular weight excluding hydrogens is 254 g/mol. The van der Waals surface area contributed by atoms with Gasteiger partial charge in [0, 0.05) is 20.2 Å². The van der Waals surface area contributed by atoms with Crippen molar-refractivity contribution in [1.82, 2.24) is 4.90 Å². The largest absolute Gasteiger partial charge is 0.480 e. The Kier molecular flexibility index (Phi) is 5.09. The van der Waals surface area contributed by atoms with E-state index in [1.54, 1.807) is 7.11 Å². The molecule has 106 valence electrons. The average molecular weight is 273 g/mol. The predicted molar refractivity (Wildman–Crippen MR) is 78.7 cm³/mol. The van der Waals surface area contributed by atoms with Gasteiger partial charge >= 0.3 is 5.97 Å². The summed E-state index contributed by atoms with van der Waals surface area (Å²) in [6.07, 6.45) is 0. The summed E-state index contributed by atoms with van der Waals surface area (Å²) in [5.74, 6) is -0.818. The van der Waals surface area contributed by atoms with Crippen LogP contribution >= 0.6 is 0 Å². The first-order valence-corrected chi connectivity index (χ1v) is 6.60. The Hall–Kier alpha value is -1.91. The topological polar surface area (TPSA) is 49.8 Å². The van der Waals surface area contributed by atoms with E-state index in [1.165, 1.54) is 10.8 Å². The van der Waals surface area contributed by atoms with Gasteiger partial charge in [-0.25, -0.2) is 0 Å². The summed E-state index contributed by atoms with van der Waals surface area (Å²) in [4.78, 5) is 12.8. The van der Waals surface area contributed by atoms with Crippen LogP contribution in [0.4, 0.5) is 0 Å². The molecule has 1 N–H and O–H groups in total. The van der Waals surface area contributed by atoms with E-state index in [1.807, 2.05) is 23.1 Å². The Bertz CT molecular complexity index is 583. The number of fused-ring (bicyclic) bond motifs is 1. The second kappa shape index (κ2) is 7.03. The van der Waals surface area contributed by atoms with E-state index >= 15 is 0 Å². The van der Waals surface area contributed by atoms with E-state index in [4.69, 9.17) is 9.84 Å². The maximum atomic E-state index is 10.9. The number of hydrogen-bond donors (Lipinski definition) is 1. The summed E-state index contributed by atoms with van der Waals surface area (Å²) in [6.45, 7) is 1.77. The number of ether oxygens (including phenoxy) is 1. The number of carboxylic acids is 1. The van der Waals surface area contributed by atoms with E-state index in [-0.39, 0.29) is 6.54 Å². The number of aliphatic carboxylic acids is 1. The van der Waals surface area contributed by atoms with Crippen LogP contribution in [0.1, 0.15) is 5.56 Å². The van der Waals surface area contributed by atoms with E-state index in [0.717, 1.165) is 5.56 Å². The maximum Gasteiger partial charge on any atom is 0.317 e. The molecule has 20 heavy (non-hydrogen) atoms. The van der Waals surface area contributed by atoms with Crippen molar-refractivity contribution < 1.29 is 14.6 Å². The van der Waals surface area contributed by atoms with Gasteiger partial charge in [-0.15, -0.1) is 0 Å². The van der Waals surface area contributed by atoms with Gasteiger partial charge in [0.15, 0.2) is 0 Å². The summed E-state index contributed by atoms with van der Waals surface area (Å²) in [5.41, 5.74) is 1.11. The first-order valence-electron chi connectivity index (χ1n) is 6.60. The van der Waals surface area contributed by atoms with Crippen LogP contribution < -0.4 is 0 Å². The molecular formula is C16H19NO3. The number of rotatable bonds is 7. The van der Waals surface area contributed by atoms with E-state index < -0.39 is 5.97 Å². The van der Waals surface area contributed by atoms with Gasteiger partial charge in [0.1, 0.15) is 0 Å². The molecule has 0 unspecified atom stereocenters. The molecule has 0 spiro atoms. The molecule has 0 aliphatic rings. The number of carboxylic acid groups (broad SMARTS) is 1. The Morgan fingerprint density at radius 3 is 2.65 bits per heavy atom. The molecule has 0 aliphatic heterocycles. The second-order valence-electron chi connectivity index (χ2n) is 4.78.